The van der Waals surface area contributed by atoms with Crippen molar-refractivity contribution in [3.8, 4) is 5.75 Å². The molecule has 0 radical (unpaired) electrons. The first-order valence-corrected chi connectivity index (χ1v) is 11.0. The van der Waals surface area contributed by atoms with Gasteiger partial charge in [0, 0.05) is 19.5 Å². The third-order valence-electron chi connectivity index (χ3n) is 6.63. The number of hydrogen-bond acceptors (Lipinski definition) is 4. The second-order valence-corrected chi connectivity index (χ2v) is 8.32. The van der Waals surface area contributed by atoms with E-state index in [4.69, 9.17) is 4.74 Å². The standard InChI is InChI=1S/C23H30N2O4/c1-2-29-17-11-9-16(10-12-17)20-8-5-14-24(20)21(26)13-15-25-22(27)18-6-3-4-7-19(18)23(25)28/h9-12,18-20H,2-8,13-15H2,1H3. The first kappa shape index (κ1) is 19.9. The number of hydrogen-bond donors (Lipinski definition) is 0. The van der Waals surface area contributed by atoms with E-state index < -0.39 is 0 Å². The Hall–Kier alpha value is -2.37. The van der Waals surface area contributed by atoms with Gasteiger partial charge in [-0.2, -0.15) is 0 Å². The van der Waals surface area contributed by atoms with Crippen LogP contribution >= 0.6 is 0 Å². The van der Waals surface area contributed by atoms with Gasteiger partial charge in [-0.1, -0.05) is 25.0 Å². The zero-order valence-electron chi connectivity index (χ0n) is 17.1. The van der Waals surface area contributed by atoms with E-state index in [1.165, 1.54) is 4.90 Å². The van der Waals surface area contributed by atoms with Crippen molar-refractivity contribution in [2.45, 2.75) is 57.9 Å². The number of nitrogens with zero attached hydrogens (tertiary/aromatic N) is 2. The van der Waals surface area contributed by atoms with E-state index in [1.807, 2.05) is 36.1 Å². The van der Waals surface area contributed by atoms with Crippen LogP contribution in [0.1, 0.15) is 63.5 Å². The Morgan fingerprint density at radius 3 is 2.28 bits per heavy atom. The number of carbonyl (C=O) groups excluding carboxylic acids is 3. The highest BCUT2D eigenvalue weighted by Crippen LogP contribution is 2.38. The summed E-state index contributed by atoms with van der Waals surface area (Å²) in [5.74, 6) is 0.454. The lowest BCUT2D eigenvalue weighted by Crippen LogP contribution is -2.37. The van der Waals surface area contributed by atoms with Gasteiger partial charge in [0.05, 0.1) is 24.5 Å². The van der Waals surface area contributed by atoms with Gasteiger partial charge in [-0.25, -0.2) is 0 Å². The number of imide groups is 1. The number of benzene rings is 1. The molecule has 0 spiro atoms. The van der Waals surface area contributed by atoms with Crippen molar-refractivity contribution in [3.05, 3.63) is 29.8 Å². The quantitative estimate of drug-likeness (QED) is 0.690. The molecule has 6 nitrogen and oxygen atoms in total. The van der Waals surface area contributed by atoms with Crippen LogP contribution < -0.4 is 4.74 Å². The van der Waals surface area contributed by atoms with E-state index in [2.05, 4.69) is 0 Å². The van der Waals surface area contributed by atoms with Crippen LogP contribution in [0.15, 0.2) is 24.3 Å². The molecule has 2 heterocycles. The molecule has 3 atom stereocenters. The van der Waals surface area contributed by atoms with Gasteiger partial charge in [-0.05, 0) is 50.3 Å². The Morgan fingerprint density at radius 2 is 1.66 bits per heavy atom. The SMILES string of the molecule is CCOc1ccc(C2CCCN2C(=O)CCN2C(=O)C3CCCCC3C2=O)cc1. The average molecular weight is 399 g/mol. The Balaban J connectivity index is 1.37. The Kier molecular flexibility index (Phi) is 5.88. The zero-order chi connectivity index (χ0) is 20.4. The average Bonchev–Trinajstić information content (AvgIpc) is 3.32. The summed E-state index contributed by atoms with van der Waals surface area (Å²) >= 11 is 0. The second-order valence-electron chi connectivity index (χ2n) is 8.32. The van der Waals surface area contributed by atoms with E-state index in [-0.39, 0.29) is 48.6 Å². The topological polar surface area (TPSA) is 66.9 Å². The molecule has 6 heteroatoms. The molecular weight excluding hydrogens is 368 g/mol. The van der Waals surface area contributed by atoms with Gasteiger partial charge in [0.25, 0.3) is 0 Å². The largest absolute Gasteiger partial charge is 0.494 e. The smallest absolute Gasteiger partial charge is 0.233 e. The van der Waals surface area contributed by atoms with Gasteiger partial charge in [0.2, 0.25) is 17.7 Å². The molecule has 0 N–H and O–H groups in total. The molecule has 2 saturated heterocycles. The molecule has 3 aliphatic rings. The Labute approximate surface area is 172 Å². The lowest BCUT2D eigenvalue weighted by atomic mass is 9.81. The van der Waals surface area contributed by atoms with Crippen molar-refractivity contribution in [3.63, 3.8) is 0 Å². The van der Waals surface area contributed by atoms with Gasteiger partial charge in [0.15, 0.2) is 0 Å². The van der Waals surface area contributed by atoms with Crippen molar-refractivity contribution < 1.29 is 19.1 Å². The first-order chi connectivity index (χ1) is 14.1. The van der Waals surface area contributed by atoms with Crippen molar-refractivity contribution in [1.29, 1.82) is 0 Å². The molecule has 3 fully saturated rings. The van der Waals surface area contributed by atoms with Crippen LogP contribution in [0.3, 0.4) is 0 Å². The maximum Gasteiger partial charge on any atom is 0.233 e. The third kappa shape index (κ3) is 3.89. The van der Waals surface area contributed by atoms with Gasteiger partial charge < -0.3 is 9.64 Å². The maximum atomic E-state index is 12.9. The predicted molar refractivity (Wildman–Crippen MR) is 108 cm³/mol. The lowest BCUT2D eigenvalue weighted by Gasteiger charge is -2.26. The van der Waals surface area contributed by atoms with Gasteiger partial charge in [-0.15, -0.1) is 0 Å². The highest BCUT2D eigenvalue weighted by molar-refractivity contribution is 6.05. The molecule has 1 aromatic carbocycles. The summed E-state index contributed by atoms with van der Waals surface area (Å²) in [6.07, 6.45) is 5.78. The first-order valence-electron chi connectivity index (χ1n) is 11.0. The fourth-order valence-corrected chi connectivity index (χ4v) is 5.17. The predicted octanol–water partition coefficient (Wildman–Crippen LogP) is 3.31. The minimum Gasteiger partial charge on any atom is -0.494 e. The second kappa shape index (κ2) is 8.56. The van der Waals surface area contributed by atoms with Crippen molar-refractivity contribution >= 4 is 17.7 Å². The molecule has 0 aromatic heterocycles. The summed E-state index contributed by atoms with van der Waals surface area (Å²) in [5.41, 5.74) is 1.11. The lowest BCUT2D eigenvalue weighted by molar-refractivity contribution is -0.141. The van der Waals surface area contributed by atoms with E-state index in [0.29, 0.717) is 6.61 Å². The number of likely N-dealkylation sites (tertiary alicyclic amines) is 2. The zero-order valence-corrected chi connectivity index (χ0v) is 17.1. The van der Waals surface area contributed by atoms with Crippen molar-refractivity contribution in [1.82, 2.24) is 9.80 Å². The van der Waals surface area contributed by atoms with Crippen LogP contribution in [0, 0.1) is 11.8 Å². The summed E-state index contributed by atoms with van der Waals surface area (Å²) < 4.78 is 5.50. The monoisotopic (exact) mass is 398 g/mol. The highest BCUT2D eigenvalue weighted by atomic mass is 16.5. The van der Waals surface area contributed by atoms with Gasteiger partial charge in [-0.3, -0.25) is 19.3 Å². The van der Waals surface area contributed by atoms with Crippen LogP contribution in [-0.2, 0) is 14.4 Å². The number of rotatable bonds is 6. The molecule has 1 aliphatic carbocycles. The van der Waals surface area contributed by atoms with Crippen LogP contribution in [0.25, 0.3) is 0 Å². The summed E-state index contributed by atoms with van der Waals surface area (Å²) in [6, 6.07) is 8.01. The molecule has 4 rings (SSSR count). The summed E-state index contributed by atoms with van der Waals surface area (Å²) in [6.45, 7) is 3.53. The van der Waals surface area contributed by atoms with Crippen LogP contribution in [-0.4, -0.2) is 47.2 Å². The minimum absolute atomic E-state index is 0.0249. The molecule has 29 heavy (non-hydrogen) atoms. The number of carbonyl (C=O) groups is 3. The Morgan fingerprint density at radius 1 is 1.00 bits per heavy atom. The third-order valence-corrected chi connectivity index (χ3v) is 6.63. The molecule has 156 valence electrons. The fraction of sp³-hybridized carbons (Fsp3) is 0.609. The summed E-state index contributed by atoms with van der Waals surface area (Å²) in [5, 5.41) is 0. The van der Waals surface area contributed by atoms with E-state index in [9.17, 15) is 14.4 Å². The highest BCUT2D eigenvalue weighted by Gasteiger charge is 2.48. The minimum atomic E-state index is -0.144. The van der Waals surface area contributed by atoms with Crippen LogP contribution in [0.5, 0.6) is 5.75 Å². The molecule has 0 bridgehead atoms. The van der Waals surface area contributed by atoms with E-state index >= 15 is 0 Å². The molecule has 1 saturated carbocycles. The van der Waals surface area contributed by atoms with Gasteiger partial charge in [0.1, 0.15) is 5.75 Å². The number of ether oxygens (including phenoxy) is 1. The van der Waals surface area contributed by atoms with Crippen molar-refractivity contribution in [2.75, 3.05) is 19.7 Å². The Bertz CT molecular complexity index is 752. The molecular formula is C23H30N2O4. The maximum absolute atomic E-state index is 12.9. The van der Waals surface area contributed by atoms with E-state index in [1.54, 1.807) is 0 Å². The van der Waals surface area contributed by atoms with Crippen LogP contribution in [0.2, 0.25) is 0 Å². The number of fused-ring (bicyclic) bond motifs is 1. The summed E-state index contributed by atoms with van der Waals surface area (Å²) in [4.78, 5) is 41.5. The summed E-state index contributed by atoms with van der Waals surface area (Å²) in [7, 11) is 0. The van der Waals surface area contributed by atoms with Crippen molar-refractivity contribution in [2.24, 2.45) is 11.8 Å². The van der Waals surface area contributed by atoms with Gasteiger partial charge >= 0.3 is 0 Å². The normalized spacial score (nSPS) is 26.7. The number of amides is 3. The fourth-order valence-electron chi connectivity index (χ4n) is 5.17. The molecule has 2 aliphatic heterocycles. The molecule has 3 amide bonds. The van der Waals surface area contributed by atoms with E-state index in [0.717, 1.165) is 56.4 Å². The molecule has 1 aromatic rings. The molecule has 3 unspecified atom stereocenters. The van der Waals surface area contributed by atoms with Crippen LogP contribution in [0.4, 0.5) is 0 Å².